The van der Waals surface area contributed by atoms with Crippen molar-refractivity contribution in [2.75, 3.05) is 13.1 Å². The number of rotatable bonds is 1. The summed E-state index contributed by atoms with van der Waals surface area (Å²) >= 11 is 0. The van der Waals surface area contributed by atoms with Crippen LogP contribution in [0.4, 0.5) is 0 Å². The van der Waals surface area contributed by atoms with Gasteiger partial charge in [0.25, 0.3) is 0 Å². The van der Waals surface area contributed by atoms with E-state index in [0.29, 0.717) is 5.92 Å². The first-order valence-electron chi connectivity index (χ1n) is 5.26. The summed E-state index contributed by atoms with van der Waals surface area (Å²) < 4.78 is 0. The van der Waals surface area contributed by atoms with E-state index in [1.807, 2.05) is 0 Å². The summed E-state index contributed by atoms with van der Waals surface area (Å²) in [6, 6.07) is 0. The van der Waals surface area contributed by atoms with Gasteiger partial charge in [0.15, 0.2) is 0 Å². The fourth-order valence-corrected chi connectivity index (χ4v) is 2.74. The molecule has 2 fully saturated rings. The summed E-state index contributed by atoms with van der Waals surface area (Å²) in [4.78, 5) is 0. The molecule has 2 atom stereocenters. The molecule has 1 aliphatic carbocycles. The summed E-state index contributed by atoms with van der Waals surface area (Å²) in [5.41, 5.74) is 0. The normalized spacial score (nSPS) is 38.8. The fraction of sp³-hybridized carbons (Fsp3) is 1.00. The van der Waals surface area contributed by atoms with Gasteiger partial charge in [0.2, 0.25) is 0 Å². The summed E-state index contributed by atoms with van der Waals surface area (Å²) in [6.07, 6.45) is 6.41. The van der Waals surface area contributed by atoms with Gasteiger partial charge in [-0.3, -0.25) is 0 Å². The van der Waals surface area contributed by atoms with Crippen molar-refractivity contribution in [1.29, 1.82) is 0 Å². The van der Waals surface area contributed by atoms with Gasteiger partial charge in [0, 0.05) is 12.5 Å². The lowest BCUT2D eigenvalue weighted by atomic mass is 9.83. The Morgan fingerprint density at radius 3 is 2.50 bits per heavy atom. The molecule has 0 amide bonds. The first kappa shape index (κ1) is 8.52. The molecule has 0 aromatic heterocycles. The molecule has 1 saturated heterocycles. The highest BCUT2D eigenvalue weighted by Crippen LogP contribution is 2.34. The highest BCUT2D eigenvalue weighted by atomic mass is 16.3. The van der Waals surface area contributed by atoms with Gasteiger partial charge in [0.1, 0.15) is 0 Å². The highest BCUT2D eigenvalue weighted by Gasteiger charge is 2.31. The molecule has 2 N–H and O–H groups in total. The third-order valence-electron chi connectivity index (χ3n) is 3.50. The number of hydrogen-bond acceptors (Lipinski definition) is 2. The lowest BCUT2D eigenvalue weighted by Gasteiger charge is -2.32. The maximum atomic E-state index is 9.79. The SMILES string of the molecule is O[C@H]1CCNC[C@@H]1C1CCCC1. The van der Waals surface area contributed by atoms with Crippen molar-refractivity contribution in [1.82, 2.24) is 5.32 Å². The van der Waals surface area contributed by atoms with E-state index in [2.05, 4.69) is 5.32 Å². The Morgan fingerprint density at radius 1 is 1.08 bits per heavy atom. The van der Waals surface area contributed by atoms with Gasteiger partial charge in [0.05, 0.1) is 6.10 Å². The van der Waals surface area contributed by atoms with Crippen LogP contribution in [0.1, 0.15) is 32.1 Å². The highest BCUT2D eigenvalue weighted by molar-refractivity contribution is 4.85. The van der Waals surface area contributed by atoms with Gasteiger partial charge in [-0.15, -0.1) is 0 Å². The smallest absolute Gasteiger partial charge is 0.0595 e. The average molecular weight is 169 g/mol. The zero-order valence-corrected chi connectivity index (χ0v) is 7.63. The van der Waals surface area contributed by atoms with E-state index in [0.717, 1.165) is 25.4 Å². The van der Waals surface area contributed by atoms with Gasteiger partial charge < -0.3 is 10.4 Å². The molecule has 12 heavy (non-hydrogen) atoms. The Kier molecular flexibility index (Phi) is 2.66. The van der Waals surface area contributed by atoms with Gasteiger partial charge in [-0.25, -0.2) is 0 Å². The summed E-state index contributed by atoms with van der Waals surface area (Å²) in [5.74, 6) is 1.37. The van der Waals surface area contributed by atoms with Crippen LogP contribution in [0.25, 0.3) is 0 Å². The molecule has 0 bridgehead atoms. The monoisotopic (exact) mass is 169 g/mol. The quantitative estimate of drug-likeness (QED) is 0.617. The van der Waals surface area contributed by atoms with Crippen LogP contribution in [0.3, 0.4) is 0 Å². The number of aliphatic hydroxyl groups excluding tert-OH is 1. The predicted molar refractivity (Wildman–Crippen MR) is 48.9 cm³/mol. The van der Waals surface area contributed by atoms with Crippen molar-refractivity contribution < 1.29 is 5.11 Å². The molecule has 0 radical (unpaired) electrons. The maximum absolute atomic E-state index is 9.79. The zero-order chi connectivity index (χ0) is 8.39. The van der Waals surface area contributed by atoms with Gasteiger partial charge in [-0.2, -0.15) is 0 Å². The Hall–Kier alpha value is -0.0800. The average Bonchev–Trinajstić information content (AvgIpc) is 2.57. The predicted octanol–water partition coefficient (Wildman–Crippen LogP) is 1.15. The molecular weight excluding hydrogens is 150 g/mol. The van der Waals surface area contributed by atoms with Gasteiger partial charge in [-0.1, -0.05) is 25.7 Å². The second-order valence-electron chi connectivity index (χ2n) is 4.27. The summed E-state index contributed by atoms with van der Waals surface area (Å²) in [7, 11) is 0. The minimum Gasteiger partial charge on any atom is -0.393 e. The van der Waals surface area contributed by atoms with Crippen LogP contribution in [-0.4, -0.2) is 24.3 Å². The number of hydrogen-bond donors (Lipinski definition) is 2. The third-order valence-corrected chi connectivity index (χ3v) is 3.50. The summed E-state index contributed by atoms with van der Waals surface area (Å²) in [6.45, 7) is 2.05. The molecular formula is C10H19NO. The van der Waals surface area contributed by atoms with Crippen LogP contribution in [0.2, 0.25) is 0 Å². The Bertz CT molecular complexity index is 143. The van der Waals surface area contributed by atoms with Gasteiger partial charge >= 0.3 is 0 Å². The number of piperidine rings is 1. The van der Waals surface area contributed by atoms with Crippen LogP contribution in [0.15, 0.2) is 0 Å². The van der Waals surface area contributed by atoms with E-state index in [9.17, 15) is 5.11 Å². The van der Waals surface area contributed by atoms with Crippen LogP contribution in [-0.2, 0) is 0 Å². The van der Waals surface area contributed by atoms with E-state index >= 15 is 0 Å². The van der Waals surface area contributed by atoms with Crippen LogP contribution < -0.4 is 5.32 Å². The lowest BCUT2D eigenvalue weighted by Crippen LogP contribution is -2.42. The Morgan fingerprint density at radius 2 is 1.83 bits per heavy atom. The van der Waals surface area contributed by atoms with E-state index in [4.69, 9.17) is 0 Å². The van der Waals surface area contributed by atoms with Crippen LogP contribution in [0.5, 0.6) is 0 Å². The second-order valence-corrected chi connectivity index (χ2v) is 4.27. The third kappa shape index (κ3) is 1.64. The number of nitrogens with one attached hydrogen (secondary N) is 1. The van der Waals surface area contributed by atoms with Crippen molar-refractivity contribution >= 4 is 0 Å². The van der Waals surface area contributed by atoms with Crippen LogP contribution >= 0.6 is 0 Å². The fourth-order valence-electron chi connectivity index (χ4n) is 2.74. The molecule has 2 aliphatic rings. The first-order valence-corrected chi connectivity index (χ1v) is 5.26. The molecule has 70 valence electrons. The Labute approximate surface area is 74.4 Å². The molecule has 1 saturated carbocycles. The minimum atomic E-state index is -0.0191. The van der Waals surface area contributed by atoms with Crippen molar-refractivity contribution in [3.05, 3.63) is 0 Å². The molecule has 2 rings (SSSR count). The lowest BCUT2D eigenvalue weighted by molar-refractivity contribution is 0.0477. The van der Waals surface area contributed by atoms with Crippen molar-refractivity contribution in [2.24, 2.45) is 11.8 Å². The molecule has 1 heterocycles. The molecule has 0 unspecified atom stereocenters. The van der Waals surface area contributed by atoms with Crippen molar-refractivity contribution in [2.45, 2.75) is 38.2 Å². The molecule has 2 nitrogen and oxygen atoms in total. The summed E-state index contributed by atoms with van der Waals surface area (Å²) in [5, 5.41) is 13.2. The maximum Gasteiger partial charge on any atom is 0.0595 e. The van der Waals surface area contributed by atoms with Crippen molar-refractivity contribution in [3.8, 4) is 0 Å². The van der Waals surface area contributed by atoms with E-state index in [1.165, 1.54) is 25.7 Å². The number of aliphatic hydroxyl groups is 1. The van der Waals surface area contributed by atoms with E-state index < -0.39 is 0 Å². The topological polar surface area (TPSA) is 32.3 Å². The molecule has 0 aromatic carbocycles. The molecule has 1 aliphatic heterocycles. The minimum absolute atomic E-state index is 0.0191. The molecule has 0 spiro atoms. The van der Waals surface area contributed by atoms with E-state index in [1.54, 1.807) is 0 Å². The van der Waals surface area contributed by atoms with E-state index in [-0.39, 0.29) is 6.10 Å². The first-order chi connectivity index (χ1) is 5.88. The molecule has 2 heteroatoms. The zero-order valence-electron chi connectivity index (χ0n) is 7.63. The van der Waals surface area contributed by atoms with Crippen LogP contribution in [0, 0.1) is 11.8 Å². The van der Waals surface area contributed by atoms with Crippen molar-refractivity contribution in [3.63, 3.8) is 0 Å². The second kappa shape index (κ2) is 3.75. The largest absolute Gasteiger partial charge is 0.393 e. The van der Waals surface area contributed by atoms with Gasteiger partial charge in [-0.05, 0) is 18.9 Å². The standard InChI is InChI=1S/C10H19NO/c12-10-5-6-11-7-9(10)8-3-1-2-4-8/h8-12H,1-7H2/t9-,10+/m1/s1. The Balaban J connectivity index is 1.91. The molecule has 0 aromatic rings.